The van der Waals surface area contributed by atoms with Crippen LogP contribution in [0.3, 0.4) is 0 Å². The van der Waals surface area contributed by atoms with Crippen LogP contribution in [0, 0.1) is 34.9 Å². The molecule has 2 aliphatic heterocycles. The molecule has 48 heavy (non-hydrogen) atoms. The average molecular weight is 745 g/mol. The van der Waals surface area contributed by atoms with Crippen molar-refractivity contribution in [2.24, 2.45) is 5.92 Å². The Morgan fingerprint density at radius 3 is 2.40 bits per heavy atom. The molecule has 2 aromatic rings. The largest absolute Gasteiger partial charge is 0.444 e. The number of rotatable bonds is 7. The Labute approximate surface area is 294 Å². The Bertz CT molecular complexity index is 1720. The highest BCUT2D eigenvalue weighted by Gasteiger charge is 2.59. The topological polar surface area (TPSA) is 116 Å². The Morgan fingerprint density at radius 2 is 1.81 bits per heavy atom. The third-order valence-corrected chi connectivity index (χ3v) is 9.60. The first-order chi connectivity index (χ1) is 22.4. The Kier molecular flexibility index (Phi) is 11.3. The van der Waals surface area contributed by atoms with Crippen molar-refractivity contribution in [3.05, 3.63) is 27.5 Å². The van der Waals surface area contributed by atoms with E-state index in [1.165, 1.54) is 21.6 Å². The fraction of sp³-hybridized carbons (Fsp3) is 0.571. The maximum Gasteiger partial charge on any atom is 0.415 e. The van der Waals surface area contributed by atoms with Crippen LogP contribution in [0.1, 0.15) is 78.4 Å². The molecule has 13 heteroatoms. The summed E-state index contributed by atoms with van der Waals surface area (Å²) in [6.07, 6.45) is 2.16. The van der Waals surface area contributed by atoms with Crippen molar-refractivity contribution in [3.63, 3.8) is 0 Å². The van der Waals surface area contributed by atoms with Gasteiger partial charge in [-0.2, -0.15) is 5.26 Å². The second-order valence-electron chi connectivity index (χ2n) is 14.2. The first-order valence-corrected chi connectivity index (χ1v) is 17.9. The zero-order valence-electron chi connectivity index (χ0n) is 29.0. The van der Waals surface area contributed by atoms with Crippen LogP contribution < -0.4 is 4.90 Å². The van der Waals surface area contributed by atoms with Gasteiger partial charge in [0.05, 0.1) is 33.9 Å². The zero-order chi connectivity index (χ0) is 35.7. The number of fused-ring (bicyclic) bond motifs is 2. The SMILES string of the molecule is CSc1nc2c(F)c(Br)c(CCC#N)cc2c(N(C(=O)OC(C)(C)C)[C@H]2[C@H]3C[C@H]2N(C(=O)OC(C)(C)C)C3)c1C#CCCC(=O)N(C)C. The molecule has 3 heterocycles. The molecule has 3 aliphatic rings. The highest BCUT2D eigenvalue weighted by molar-refractivity contribution is 9.10. The zero-order valence-corrected chi connectivity index (χ0v) is 31.4. The van der Waals surface area contributed by atoms with Crippen molar-refractivity contribution in [2.75, 3.05) is 31.8 Å². The fourth-order valence-corrected chi connectivity index (χ4v) is 6.99. The molecule has 1 saturated carbocycles. The molecule has 258 valence electrons. The van der Waals surface area contributed by atoms with Crippen LogP contribution in [0.2, 0.25) is 0 Å². The summed E-state index contributed by atoms with van der Waals surface area (Å²) in [6.45, 7) is 11.1. The van der Waals surface area contributed by atoms with Gasteiger partial charge in [0.2, 0.25) is 5.91 Å². The summed E-state index contributed by atoms with van der Waals surface area (Å²) in [6, 6.07) is 2.96. The van der Waals surface area contributed by atoms with E-state index < -0.39 is 35.2 Å². The first-order valence-electron chi connectivity index (χ1n) is 15.8. The van der Waals surface area contributed by atoms with E-state index in [-0.39, 0.29) is 53.5 Å². The molecule has 0 spiro atoms. The summed E-state index contributed by atoms with van der Waals surface area (Å²) in [7, 11) is 3.35. The van der Waals surface area contributed by atoms with E-state index in [9.17, 15) is 19.6 Å². The lowest BCUT2D eigenvalue weighted by Crippen LogP contribution is -2.59. The van der Waals surface area contributed by atoms with Gasteiger partial charge in [-0.25, -0.2) is 19.0 Å². The van der Waals surface area contributed by atoms with Crippen molar-refractivity contribution < 1.29 is 28.2 Å². The molecule has 3 amide bonds. The lowest BCUT2D eigenvalue weighted by Gasteiger charge is -2.44. The molecular weight excluding hydrogens is 701 g/mol. The van der Waals surface area contributed by atoms with Crippen LogP contribution in [0.4, 0.5) is 19.7 Å². The lowest BCUT2D eigenvalue weighted by molar-refractivity contribution is -0.128. The van der Waals surface area contributed by atoms with Crippen LogP contribution in [-0.2, 0) is 20.7 Å². The first kappa shape index (κ1) is 37.3. The number of hydrogen-bond acceptors (Lipinski definition) is 8. The van der Waals surface area contributed by atoms with Gasteiger partial charge in [0, 0.05) is 51.2 Å². The van der Waals surface area contributed by atoms with Crippen LogP contribution in [0.25, 0.3) is 10.9 Å². The highest BCUT2D eigenvalue weighted by Crippen LogP contribution is 2.49. The molecule has 0 unspecified atom stereocenters. The van der Waals surface area contributed by atoms with Crippen LogP contribution in [-0.4, -0.2) is 83.1 Å². The smallest absolute Gasteiger partial charge is 0.415 e. The van der Waals surface area contributed by atoms with Gasteiger partial charge in [-0.05, 0) is 88.2 Å². The molecule has 0 N–H and O–H groups in total. The number of nitrogens with zero attached hydrogens (tertiary/aromatic N) is 5. The van der Waals surface area contributed by atoms with E-state index in [1.54, 1.807) is 72.9 Å². The van der Waals surface area contributed by atoms with E-state index >= 15 is 4.39 Å². The number of hydrogen-bond donors (Lipinski definition) is 0. The Balaban J connectivity index is 2.00. The maximum absolute atomic E-state index is 16.2. The molecule has 3 atom stereocenters. The van der Waals surface area contributed by atoms with Gasteiger partial charge in [-0.1, -0.05) is 11.8 Å². The number of carbonyl (C=O) groups excluding carboxylic acids is 3. The van der Waals surface area contributed by atoms with Gasteiger partial charge in [-0.3, -0.25) is 9.69 Å². The second-order valence-corrected chi connectivity index (χ2v) is 15.8. The highest BCUT2D eigenvalue weighted by atomic mass is 79.9. The number of benzene rings is 1. The minimum atomic E-state index is -0.876. The molecule has 1 aromatic carbocycles. The third-order valence-electron chi connectivity index (χ3n) is 8.06. The molecule has 5 rings (SSSR count). The molecule has 1 aromatic heterocycles. The van der Waals surface area contributed by atoms with Crippen LogP contribution in [0.5, 0.6) is 0 Å². The summed E-state index contributed by atoms with van der Waals surface area (Å²) in [5, 5.41) is 10.0. The van der Waals surface area contributed by atoms with Crippen molar-refractivity contribution >= 4 is 62.4 Å². The van der Waals surface area contributed by atoms with E-state index in [0.29, 0.717) is 40.2 Å². The molecule has 1 aliphatic carbocycles. The van der Waals surface area contributed by atoms with Gasteiger partial charge in [-0.15, -0.1) is 11.8 Å². The monoisotopic (exact) mass is 743 g/mol. The number of halogens is 2. The summed E-state index contributed by atoms with van der Waals surface area (Å²) in [4.78, 5) is 49.4. The summed E-state index contributed by atoms with van der Waals surface area (Å²) >= 11 is 4.63. The number of ether oxygens (including phenoxy) is 2. The summed E-state index contributed by atoms with van der Waals surface area (Å²) in [5.74, 6) is 5.47. The van der Waals surface area contributed by atoms with Crippen molar-refractivity contribution in [1.82, 2.24) is 14.8 Å². The van der Waals surface area contributed by atoms with E-state index in [4.69, 9.17) is 9.47 Å². The summed E-state index contributed by atoms with van der Waals surface area (Å²) in [5.41, 5.74) is -0.312. The minimum absolute atomic E-state index is 0.0273. The molecule has 0 radical (unpaired) electrons. The normalized spacial score (nSPS) is 18.4. The van der Waals surface area contributed by atoms with E-state index in [2.05, 4.69) is 38.8 Å². The molecule has 3 fully saturated rings. The van der Waals surface area contributed by atoms with Gasteiger partial charge in [0.15, 0.2) is 5.82 Å². The predicted molar refractivity (Wildman–Crippen MR) is 187 cm³/mol. The number of thioether (sulfide) groups is 1. The van der Waals surface area contributed by atoms with E-state index in [0.717, 1.165) is 0 Å². The third kappa shape index (κ3) is 8.01. The number of amides is 3. The Hall–Kier alpha value is -3.55. The number of nitriles is 1. The van der Waals surface area contributed by atoms with Gasteiger partial charge < -0.3 is 19.3 Å². The quantitative estimate of drug-likeness (QED) is 0.215. The molecule has 10 nitrogen and oxygen atoms in total. The predicted octanol–water partition coefficient (Wildman–Crippen LogP) is 7.28. The fourth-order valence-electron chi connectivity index (χ4n) is 5.96. The second kappa shape index (κ2) is 14.5. The number of carbonyl (C=O) groups is 3. The summed E-state index contributed by atoms with van der Waals surface area (Å²) < 4.78 is 28.1. The van der Waals surface area contributed by atoms with Crippen LogP contribution in [0.15, 0.2) is 15.6 Å². The van der Waals surface area contributed by atoms with E-state index in [1.807, 2.05) is 0 Å². The molecular formula is C35H43BrFN5O5S. The van der Waals surface area contributed by atoms with Crippen molar-refractivity contribution in [3.8, 4) is 17.9 Å². The van der Waals surface area contributed by atoms with Crippen molar-refractivity contribution in [1.29, 1.82) is 5.26 Å². The van der Waals surface area contributed by atoms with Gasteiger partial charge in [0.1, 0.15) is 21.7 Å². The van der Waals surface area contributed by atoms with Gasteiger partial charge >= 0.3 is 12.2 Å². The van der Waals surface area contributed by atoms with Crippen molar-refractivity contribution in [2.45, 2.75) is 102 Å². The van der Waals surface area contributed by atoms with Gasteiger partial charge in [0.25, 0.3) is 0 Å². The Morgan fingerprint density at radius 1 is 1.15 bits per heavy atom. The molecule has 2 bridgehead atoms. The minimum Gasteiger partial charge on any atom is -0.444 e. The number of pyridine rings is 1. The molecule has 2 saturated heterocycles. The van der Waals surface area contributed by atoms with Crippen LogP contribution >= 0.6 is 27.7 Å². The maximum atomic E-state index is 16.2. The number of aryl methyl sites for hydroxylation is 1. The average Bonchev–Trinajstić information content (AvgIpc) is 3.58. The standard InChI is InChI=1S/C35H43BrFN5O5S/c1-34(2,3)46-32(44)41-19-21-18-24(41)29(21)42(33(45)47-35(4,5)6)30-22(14-10-11-15-25(43)40(7)8)31(48-9)39-28-23(30)17-20(13-12-16-38)26(36)27(28)37/h17,21,24,29H,11-13,15,18-19H2,1-9H3/t21-,24+,29-/m0/s1. The lowest BCUT2D eigenvalue weighted by atomic mass is 9.78. The number of aromatic nitrogens is 1. The number of anilines is 1.